The van der Waals surface area contributed by atoms with Crippen LogP contribution in [0.2, 0.25) is 0 Å². The first kappa shape index (κ1) is 20.6. The summed E-state index contributed by atoms with van der Waals surface area (Å²) in [6, 6.07) is 14.3. The van der Waals surface area contributed by atoms with Gasteiger partial charge in [0.25, 0.3) is 0 Å². The van der Waals surface area contributed by atoms with E-state index in [9.17, 15) is 17.6 Å². The minimum absolute atomic E-state index is 0.264. The maximum absolute atomic E-state index is 13.1. The van der Waals surface area contributed by atoms with Crippen molar-refractivity contribution in [2.75, 3.05) is 0 Å². The van der Waals surface area contributed by atoms with Gasteiger partial charge < -0.3 is 0 Å². The Bertz CT molecular complexity index is 1210. The number of hydrogen-bond acceptors (Lipinski definition) is 4. The second-order valence-electron chi connectivity index (χ2n) is 7.43. The average Bonchev–Trinajstić information content (AvgIpc) is 3.25. The Morgan fingerprint density at radius 2 is 1.52 bits per heavy atom. The van der Waals surface area contributed by atoms with Gasteiger partial charge in [-0.3, -0.25) is 4.98 Å². The second kappa shape index (κ2) is 7.57. The summed E-state index contributed by atoms with van der Waals surface area (Å²) in [7, 11) is 0. The standard InChI is InChI=1S/C22H17F4N5/c1-21(2,16-6-3-5-15(28-16)14-9-10-19(23)27-13-14)17-7-4-8-20(29-17)31-12-11-18(30-31)22(24,25)26/h3-13H,1-2H3. The van der Waals surface area contributed by atoms with Crippen LogP contribution < -0.4 is 0 Å². The lowest BCUT2D eigenvalue weighted by Crippen LogP contribution is -2.23. The number of halogens is 4. The molecule has 4 rings (SSSR count). The highest BCUT2D eigenvalue weighted by molar-refractivity contribution is 5.58. The van der Waals surface area contributed by atoms with E-state index in [-0.39, 0.29) is 5.82 Å². The zero-order chi connectivity index (χ0) is 22.2. The van der Waals surface area contributed by atoms with Crippen LogP contribution in [0.15, 0.2) is 67.0 Å². The van der Waals surface area contributed by atoms with Crippen LogP contribution in [0, 0.1) is 5.95 Å². The summed E-state index contributed by atoms with van der Waals surface area (Å²) >= 11 is 0. The number of alkyl halides is 3. The molecule has 4 aromatic rings. The summed E-state index contributed by atoms with van der Waals surface area (Å²) in [6.07, 6.45) is -1.90. The van der Waals surface area contributed by atoms with E-state index in [1.54, 1.807) is 30.3 Å². The van der Waals surface area contributed by atoms with E-state index >= 15 is 0 Å². The Balaban J connectivity index is 1.69. The highest BCUT2D eigenvalue weighted by atomic mass is 19.4. The Kier molecular flexibility index (Phi) is 5.04. The summed E-state index contributed by atoms with van der Waals surface area (Å²) in [6.45, 7) is 3.83. The molecule has 0 spiro atoms. The van der Waals surface area contributed by atoms with Crippen molar-refractivity contribution in [1.29, 1.82) is 0 Å². The molecule has 0 radical (unpaired) electrons. The predicted octanol–water partition coefficient (Wildman–Crippen LogP) is 5.21. The van der Waals surface area contributed by atoms with Gasteiger partial charge in [0.1, 0.15) is 0 Å². The zero-order valence-electron chi connectivity index (χ0n) is 16.6. The summed E-state index contributed by atoms with van der Waals surface area (Å²) in [4.78, 5) is 12.9. The van der Waals surface area contributed by atoms with E-state index in [1.807, 2.05) is 26.0 Å². The highest BCUT2D eigenvalue weighted by Crippen LogP contribution is 2.31. The van der Waals surface area contributed by atoms with Gasteiger partial charge >= 0.3 is 6.18 Å². The number of pyridine rings is 3. The summed E-state index contributed by atoms with van der Waals surface area (Å²) < 4.78 is 52.9. The van der Waals surface area contributed by atoms with Crippen LogP contribution in [-0.4, -0.2) is 24.7 Å². The van der Waals surface area contributed by atoms with E-state index in [4.69, 9.17) is 0 Å². The fourth-order valence-corrected chi connectivity index (χ4v) is 3.10. The van der Waals surface area contributed by atoms with E-state index in [2.05, 4.69) is 20.1 Å². The normalized spacial score (nSPS) is 12.2. The Morgan fingerprint density at radius 3 is 2.16 bits per heavy atom. The molecule has 4 aromatic heterocycles. The molecule has 0 aliphatic carbocycles. The molecular formula is C22H17F4N5. The molecule has 0 fully saturated rings. The topological polar surface area (TPSA) is 56.5 Å². The van der Waals surface area contributed by atoms with Crippen LogP contribution >= 0.6 is 0 Å². The van der Waals surface area contributed by atoms with Crippen LogP contribution in [0.4, 0.5) is 17.6 Å². The molecule has 0 bridgehead atoms. The molecule has 9 heteroatoms. The van der Waals surface area contributed by atoms with Crippen molar-refractivity contribution < 1.29 is 17.6 Å². The minimum Gasteiger partial charge on any atom is -0.252 e. The fourth-order valence-electron chi connectivity index (χ4n) is 3.10. The van der Waals surface area contributed by atoms with Crippen molar-refractivity contribution >= 4 is 0 Å². The third-order valence-corrected chi connectivity index (χ3v) is 4.90. The van der Waals surface area contributed by atoms with E-state index in [0.29, 0.717) is 22.6 Å². The van der Waals surface area contributed by atoms with Gasteiger partial charge in [0.15, 0.2) is 11.5 Å². The lowest BCUT2D eigenvalue weighted by atomic mass is 9.84. The number of hydrogen-bond donors (Lipinski definition) is 0. The summed E-state index contributed by atoms with van der Waals surface area (Å²) in [5.74, 6) is -0.312. The largest absolute Gasteiger partial charge is 0.435 e. The van der Waals surface area contributed by atoms with Crippen molar-refractivity contribution in [3.05, 3.63) is 90.0 Å². The highest BCUT2D eigenvalue weighted by Gasteiger charge is 2.34. The molecule has 0 aliphatic rings. The molecule has 5 nitrogen and oxygen atoms in total. The molecule has 0 unspecified atom stereocenters. The van der Waals surface area contributed by atoms with Gasteiger partial charge in [-0.25, -0.2) is 14.6 Å². The molecule has 0 saturated carbocycles. The minimum atomic E-state index is -4.53. The SMILES string of the molecule is CC(C)(c1cccc(-c2ccc(F)nc2)n1)c1cccc(-n2ccc(C(F)(F)F)n2)n1. The van der Waals surface area contributed by atoms with Gasteiger partial charge in [-0.1, -0.05) is 12.1 Å². The number of rotatable bonds is 4. The van der Waals surface area contributed by atoms with E-state index < -0.39 is 23.2 Å². The van der Waals surface area contributed by atoms with Crippen molar-refractivity contribution in [3.63, 3.8) is 0 Å². The van der Waals surface area contributed by atoms with Gasteiger partial charge in [-0.15, -0.1) is 0 Å². The van der Waals surface area contributed by atoms with Gasteiger partial charge in [-0.2, -0.15) is 22.7 Å². The third-order valence-electron chi connectivity index (χ3n) is 4.90. The lowest BCUT2D eigenvalue weighted by Gasteiger charge is -2.24. The monoisotopic (exact) mass is 427 g/mol. The third kappa shape index (κ3) is 4.16. The first-order chi connectivity index (χ1) is 14.6. The van der Waals surface area contributed by atoms with Crippen molar-refractivity contribution in [2.45, 2.75) is 25.4 Å². The van der Waals surface area contributed by atoms with Crippen molar-refractivity contribution in [3.8, 4) is 17.1 Å². The van der Waals surface area contributed by atoms with E-state index in [1.165, 1.54) is 18.5 Å². The molecule has 158 valence electrons. The Hall–Kier alpha value is -3.62. The molecule has 4 heterocycles. The van der Waals surface area contributed by atoms with Gasteiger partial charge in [0.05, 0.1) is 17.1 Å². The maximum Gasteiger partial charge on any atom is 0.435 e. The van der Waals surface area contributed by atoms with Gasteiger partial charge in [0.2, 0.25) is 5.95 Å². The van der Waals surface area contributed by atoms with Crippen LogP contribution in [0.1, 0.15) is 30.9 Å². The number of aromatic nitrogens is 5. The fraction of sp³-hybridized carbons (Fsp3) is 0.182. The van der Waals surface area contributed by atoms with Crippen LogP contribution in [0.5, 0.6) is 0 Å². The maximum atomic E-state index is 13.1. The molecular weight excluding hydrogens is 410 g/mol. The Morgan fingerprint density at radius 1 is 0.806 bits per heavy atom. The van der Waals surface area contributed by atoms with E-state index in [0.717, 1.165) is 10.7 Å². The molecule has 0 N–H and O–H groups in total. The summed E-state index contributed by atoms with van der Waals surface area (Å²) in [5.41, 5.74) is 0.931. The van der Waals surface area contributed by atoms with Gasteiger partial charge in [-0.05, 0) is 56.3 Å². The molecule has 31 heavy (non-hydrogen) atoms. The van der Waals surface area contributed by atoms with Crippen molar-refractivity contribution in [1.82, 2.24) is 24.7 Å². The lowest BCUT2D eigenvalue weighted by molar-refractivity contribution is -0.141. The van der Waals surface area contributed by atoms with Crippen LogP contribution in [0.3, 0.4) is 0 Å². The van der Waals surface area contributed by atoms with Crippen LogP contribution in [-0.2, 0) is 11.6 Å². The first-order valence-corrected chi connectivity index (χ1v) is 9.35. The number of nitrogens with zero attached hydrogens (tertiary/aromatic N) is 5. The average molecular weight is 427 g/mol. The Labute approximate surface area is 175 Å². The first-order valence-electron chi connectivity index (χ1n) is 9.35. The molecule has 0 atom stereocenters. The zero-order valence-corrected chi connectivity index (χ0v) is 16.6. The van der Waals surface area contributed by atoms with Crippen LogP contribution in [0.25, 0.3) is 17.1 Å². The molecule has 0 saturated heterocycles. The quantitative estimate of drug-likeness (QED) is 0.332. The summed E-state index contributed by atoms with van der Waals surface area (Å²) in [5, 5.41) is 3.58. The van der Waals surface area contributed by atoms with Crippen molar-refractivity contribution in [2.24, 2.45) is 0 Å². The molecule has 0 aromatic carbocycles. The second-order valence-corrected chi connectivity index (χ2v) is 7.43. The molecule has 0 aliphatic heterocycles. The van der Waals surface area contributed by atoms with Gasteiger partial charge in [0, 0.05) is 23.4 Å². The predicted molar refractivity (Wildman–Crippen MR) is 106 cm³/mol. The molecule has 0 amide bonds. The smallest absolute Gasteiger partial charge is 0.252 e.